The number of aryl methyl sites for hydroxylation is 1. The topological polar surface area (TPSA) is 94.3 Å². The highest BCUT2D eigenvalue weighted by atomic mass is 16.5. The first-order chi connectivity index (χ1) is 12.1. The van der Waals surface area contributed by atoms with E-state index in [0.29, 0.717) is 28.5 Å². The maximum Gasteiger partial charge on any atom is 0.337 e. The zero-order chi connectivity index (χ0) is 17.8. The van der Waals surface area contributed by atoms with E-state index in [4.69, 9.17) is 4.52 Å². The maximum atomic E-state index is 12.3. The molecule has 0 unspecified atom stereocenters. The average Bonchev–Trinajstić information content (AvgIpc) is 3.08. The zero-order valence-electron chi connectivity index (χ0n) is 13.6. The number of carbonyl (C=O) groups is 2. The Morgan fingerprint density at radius 2 is 1.64 bits per heavy atom. The van der Waals surface area contributed by atoms with Crippen molar-refractivity contribution in [2.45, 2.75) is 6.92 Å². The number of nitrogens with zero attached hydrogens (tertiary/aromatic N) is 2. The van der Waals surface area contributed by atoms with Crippen LogP contribution in [0.15, 0.2) is 53.1 Å². The Morgan fingerprint density at radius 3 is 2.20 bits per heavy atom. The molecular weight excluding hydrogens is 322 g/mol. The molecule has 0 atom stereocenters. The van der Waals surface area contributed by atoms with Gasteiger partial charge in [-0.2, -0.15) is 4.98 Å². The summed E-state index contributed by atoms with van der Waals surface area (Å²) in [5.74, 6) is 0.263. The molecule has 2 aromatic carbocycles. The van der Waals surface area contributed by atoms with Gasteiger partial charge in [-0.1, -0.05) is 5.16 Å². The number of ether oxygens (including phenoxy) is 1. The van der Waals surface area contributed by atoms with Crippen molar-refractivity contribution in [2.75, 3.05) is 12.4 Å². The Labute approximate surface area is 143 Å². The first-order valence-corrected chi connectivity index (χ1v) is 7.47. The lowest BCUT2D eigenvalue weighted by Gasteiger charge is -2.06. The molecule has 0 saturated heterocycles. The summed E-state index contributed by atoms with van der Waals surface area (Å²) in [6.45, 7) is 1.74. The van der Waals surface area contributed by atoms with Crippen LogP contribution in [-0.4, -0.2) is 29.1 Å². The minimum absolute atomic E-state index is 0.265. The van der Waals surface area contributed by atoms with Crippen LogP contribution >= 0.6 is 0 Å². The zero-order valence-corrected chi connectivity index (χ0v) is 13.6. The third-order valence-electron chi connectivity index (χ3n) is 3.49. The number of hydrogen-bond acceptors (Lipinski definition) is 6. The predicted octanol–water partition coefficient (Wildman–Crippen LogP) is 3.08. The molecule has 0 aliphatic heterocycles. The van der Waals surface area contributed by atoms with E-state index in [9.17, 15) is 9.59 Å². The second-order valence-corrected chi connectivity index (χ2v) is 5.25. The first kappa shape index (κ1) is 16.4. The summed E-state index contributed by atoms with van der Waals surface area (Å²) in [7, 11) is 1.32. The second kappa shape index (κ2) is 6.96. The van der Waals surface area contributed by atoms with Gasteiger partial charge in [0.05, 0.1) is 12.7 Å². The molecule has 3 rings (SSSR count). The summed E-state index contributed by atoms with van der Waals surface area (Å²) in [4.78, 5) is 27.8. The SMILES string of the molecule is COC(=O)c1ccc(NC(=O)c2ccc(-c3nc(C)no3)cc2)cc1. The van der Waals surface area contributed by atoms with Gasteiger partial charge in [-0.15, -0.1) is 0 Å². The van der Waals surface area contributed by atoms with Gasteiger partial charge in [-0.25, -0.2) is 4.79 Å². The van der Waals surface area contributed by atoms with Crippen molar-refractivity contribution in [3.8, 4) is 11.5 Å². The van der Waals surface area contributed by atoms with Crippen LogP contribution in [0, 0.1) is 6.92 Å². The molecule has 3 aromatic rings. The van der Waals surface area contributed by atoms with Gasteiger partial charge in [-0.05, 0) is 55.5 Å². The molecule has 0 saturated carbocycles. The number of nitrogens with one attached hydrogen (secondary N) is 1. The number of hydrogen-bond donors (Lipinski definition) is 1. The van der Waals surface area contributed by atoms with Gasteiger partial charge in [0.15, 0.2) is 5.82 Å². The summed E-state index contributed by atoms with van der Waals surface area (Å²) in [5, 5.41) is 6.50. The molecule has 0 fully saturated rings. The average molecular weight is 337 g/mol. The standard InChI is InChI=1S/C18H15N3O4/c1-11-19-17(25-21-11)13-5-3-12(4-6-13)16(22)20-15-9-7-14(8-10-15)18(23)24-2/h3-10H,1-2H3,(H,20,22). The number of methoxy groups -OCH3 is 1. The highest BCUT2D eigenvalue weighted by Gasteiger charge is 2.10. The van der Waals surface area contributed by atoms with Crippen molar-refractivity contribution in [3.05, 3.63) is 65.5 Å². The molecule has 1 N–H and O–H groups in total. The molecule has 0 spiro atoms. The fourth-order valence-corrected chi connectivity index (χ4v) is 2.19. The number of benzene rings is 2. The van der Waals surface area contributed by atoms with Gasteiger partial charge in [-0.3, -0.25) is 4.79 Å². The molecule has 126 valence electrons. The number of aromatic nitrogens is 2. The summed E-state index contributed by atoms with van der Waals surface area (Å²) in [6.07, 6.45) is 0. The van der Waals surface area contributed by atoms with Crippen molar-refractivity contribution in [1.29, 1.82) is 0 Å². The van der Waals surface area contributed by atoms with Gasteiger partial charge in [0, 0.05) is 16.8 Å². The number of esters is 1. The normalized spacial score (nSPS) is 10.3. The van der Waals surface area contributed by atoms with Crippen LogP contribution in [0.3, 0.4) is 0 Å². The van der Waals surface area contributed by atoms with E-state index in [1.807, 2.05) is 0 Å². The van der Waals surface area contributed by atoms with Crippen molar-refractivity contribution >= 4 is 17.6 Å². The monoisotopic (exact) mass is 337 g/mol. The second-order valence-electron chi connectivity index (χ2n) is 5.25. The summed E-state index contributed by atoms with van der Waals surface area (Å²) < 4.78 is 9.72. The number of rotatable bonds is 4. The minimum atomic E-state index is -0.426. The molecular formula is C18H15N3O4. The maximum absolute atomic E-state index is 12.3. The minimum Gasteiger partial charge on any atom is -0.465 e. The predicted molar refractivity (Wildman–Crippen MR) is 90.2 cm³/mol. The summed E-state index contributed by atoms with van der Waals surface area (Å²) in [5.41, 5.74) is 2.21. The van der Waals surface area contributed by atoms with Crippen LogP contribution in [0.25, 0.3) is 11.5 Å². The van der Waals surface area contributed by atoms with Crippen LogP contribution in [0.1, 0.15) is 26.5 Å². The van der Waals surface area contributed by atoms with E-state index in [1.165, 1.54) is 7.11 Å². The fourth-order valence-electron chi connectivity index (χ4n) is 2.19. The summed E-state index contributed by atoms with van der Waals surface area (Å²) in [6, 6.07) is 13.3. The number of anilines is 1. The Morgan fingerprint density at radius 1 is 1.00 bits per heavy atom. The van der Waals surface area contributed by atoms with E-state index in [2.05, 4.69) is 20.2 Å². The van der Waals surface area contributed by atoms with Gasteiger partial charge < -0.3 is 14.6 Å². The molecule has 7 nitrogen and oxygen atoms in total. The Hall–Kier alpha value is -3.48. The first-order valence-electron chi connectivity index (χ1n) is 7.47. The molecule has 1 aromatic heterocycles. The van der Waals surface area contributed by atoms with Crippen LogP contribution in [0.4, 0.5) is 5.69 Å². The van der Waals surface area contributed by atoms with E-state index < -0.39 is 5.97 Å². The quantitative estimate of drug-likeness (QED) is 0.735. The lowest BCUT2D eigenvalue weighted by molar-refractivity contribution is 0.0600. The molecule has 1 heterocycles. The smallest absolute Gasteiger partial charge is 0.337 e. The van der Waals surface area contributed by atoms with E-state index in [0.717, 1.165) is 5.56 Å². The Bertz CT molecular complexity index is 899. The van der Waals surface area contributed by atoms with E-state index >= 15 is 0 Å². The fraction of sp³-hybridized carbons (Fsp3) is 0.111. The molecule has 0 aliphatic carbocycles. The molecule has 0 radical (unpaired) electrons. The Kier molecular flexibility index (Phi) is 4.56. The lowest BCUT2D eigenvalue weighted by atomic mass is 10.1. The van der Waals surface area contributed by atoms with Crippen LogP contribution in [0.5, 0.6) is 0 Å². The van der Waals surface area contributed by atoms with Crippen molar-refractivity contribution in [1.82, 2.24) is 10.1 Å². The van der Waals surface area contributed by atoms with Gasteiger partial charge in [0.25, 0.3) is 11.8 Å². The molecule has 25 heavy (non-hydrogen) atoms. The Balaban J connectivity index is 1.70. The molecule has 7 heteroatoms. The lowest BCUT2D eigenvalue weighted by Crippen LogP contribution is -2.12. The van der Waals surface area contributed by atoms with Gasteiger partial charge >= 0.3 is 5.97 Å². The molecule has 0 bridgehead atoms. The number of amides is 1. The van der Waals surface area contributed by atoms with Crippen LogP contribution < -0.4 is 5.32 Å². The largest absolute Gasteiger partial charge is 0.465 e. The highest BCUT2D eigenvalue weighted by molar-refractivity contribution is 6.04. The molecule has 0 aliphatic rings. The van der Waals surface area contributed by atoms with Crippen LogP contribution in [-0.2, 0) is 4.74 Å². The highest BCUT2D eigenvalue weighted by Crippen LogP contribution is 2.18. The molecule has 1 amide bonds. The van der Waals surface area contributed by atoms with Gasteiger partial charge in [0.2, 0.25) is 0 Å². The van der Waals surface area contributed by atoms with Crippen molar-refractivity contribution in [2.24, 2.45) is 0 Å². The third-order valence-corrected chi connectivity index (χ3v) is 3.49. The summed E-state index contributed by atoms with van der Waals surface area (Å²) >= 11 is 0. The third kappa shape index (κ3) is 3.72. The van der Waals surface area contributed by atoms with Crippen molar-refractivity contribution in [3.63, 3.8) is 0 Å². The van der Waals surface area contributed by atoms with Gasteiger partial charge in [0.1, 0.15) is 0 Å². The van der Waals surface area contributed by atoms with Crippen LogP contribution in [0.2, 0.25) is 0 Å². The van der Waals surface area contributed by atoms with E-state index in [1.54, 1.807) is 55.5 Å². The van der Waals surface area contributed by atoms with Crippen molar-refractivity contribution < 1.29 is 18.8 Å². The number of carbonyl (C=O) groups excluding carboxylic acids is 2. The van der Waals surface area contributed by atoms with E-state index in [-0.39, 0.29) is 5.91 Å².